The number of unbranched alkanes of at least 4 members (excludes halogenated alkanes) is 1. The summed E-state index contributed by atoms with van der Waals surface area (Å²) >= 11 is 0. The Bertz CT molecular complexity index is 271. The second-order valence-corrected chi connectivity index (χ2v) is 6.23. The van der Waals surface area contributed by atoms with E-state index in [1.807, 2.05) is 0 Å². The highest BCUT2D eigenvalue weighted by molar-refractivity contribution is 5.78. The van der Waals surface area contributed by atoms with Gasteiger partial charge in [0.1, 0.15) is 5.60 Å². The van der Waals surface area contributed by atoms with E-state index in [4.69, 9.17) is 5.11 Å². The lowest BCUT2D eigenvalue weighted by Gasteiger charge is -2.29. The molecule has 1 amide bonds. The Morgan fingerprint density at radius 2 is 1.95 bits per heavy atom. The number of aliphatic hydroxyl groups is 2. The number of hydrogen-bond acceptors (Lipinski definition) is 3. The van der Waals surface area contributed by atoms with Crippen molar-refractivity contribution in [3.8, 4) is 0 Å². The minimum atomic E-state index is -1.21. The van der Waals surface area contributed by atoms with Gasteiger partial charge >= 0.3 is 0 Å². The molecule has 0 aromatic rings. The van der Waals surface area contributed by atoms with Crippen molar-refractivity contribution in [1.29, 1.82) is 0 Å². The molecular weight excluding hydrogens is 242 g/mol. The Morgan fingerprint density at radius 1 is 1.32 bits per heavy atom. The summed E-state index contributed by atoms with van der Waals surface area (Å²) in [7, 11) is 0. The van der Waals surface area contributed by atoms with Crippen molar-refractivity contribution in [2.75, 3.05) is 13.2 Å². The summed E-state index contributed by atoms with van der Waals surface area (Å²) in [5, 5.41) is 21.3. The maximum atomic E-state index is 12.0. The molecule has 0 aromatic heterocycles. The molecule has 1 atom stereocenters. The van der Waals surface area contributed by atoms with Gasteiger partial charge in [0.05, 0.1) is 6.61 Å². The minimum Gasteiger partial charge on any atom is -0.393 e. The van der Waals surface area contributed by atoms with Gasteiger partial charge in [0.2, 0.25) is 5.91 Å². The third-order valence-electron chi connectivity index (χ3n) is 4.17. The van der Waals surface area contributed by atoms with E-state index in [-0.39, 0.29) is 25.0 Å². The Morgan fingerprint density at radius 3 is 2.47 bits per heavy atom. The first kappa shape index (κ1) is 16.4. The van der Waals surface area contributed by atoms with E-state index in [1.54, 1.807) is 0 Å². The van der Waals surface area contributed by atoms with Gasteiger partial charge in [-0.2, -0.15) is 0 Å². The average Bonchev–Trinajstić information content (AvgIpc) is 2.43. The maximum absolute atomic E-state index is 12.0. The molecule has 0 aromatic carbocycles. The molecule has 19 heavy (non-hydrogen) atoms. The molecule has 112 valence electrons. The van der Waals surface area contributed by atoms with Crippen LogP contribution in [0.25, 0.3) is 0 Å². The zero-order chi connectivity index (χ0) is 14.3. The van der Waals surface area contributed by atoms with E-state index in [2.05, 4.69) is 12.2 Å². The largest absolute Gasteiger partial charge is 0.393 e. The molecule has 4 heteroatoms. The fourth-order valence-corrected chi connectivity index (χ4v) is 2.68. The highest BCUT2D eigenvalue weighted by Gasteiger charge is 2.27. The lowest BCUT2D eigenvalue weighted by molar-refractivity contribution is -0.127. The minimum absolute atomic E-state index is 0.0302. The number of rotatable bonds is 7. The van der Waals surface area contributed by atoms with E-state index >= 15 is 0 Å². The van der Waals surface area contributed by atoms with Crippen LogP contribution < -0.4 is 5.32 Å². The number of aliphatic hydroxyl groups excluding tert-OH is 1. The van der Waals surface area contributed by atoms with Crippen molar-refractivity contribution in [2.24, 2.45) is 11.8 Å². The average molecular weight is 271 g/mol. The Hall–Kier alpha value is -0.610. The number of carbonyl (C=O) groups excluding carboxylic acids is 1. The number of nitrogens with one attached hydrogen (secondary N) is 1. The van der Waals surface area contributed by atoms with Gasteiger partial charge in [-0.25, -0.2) is 0 Å². The second-order valence-electron chi connectivity index (χ2n) is 6.23. The van der Waals surface area contributed by atoms with Gasteiger partial charge in [0.15, 0.2) is 0 Å². The monoisotopic (exact) mass is 271 g/mol. The number of amides is 1. The SMILES string of the molecule is CCCCC1CCC(C(=O)NCC(C)(O)CO)CC1. The van der Waals surface area contributed by atoms with Crippen LogP contribution in [0.1, 0.15) is 58.8 Å². The highest BCUT2D eigenvalue weighted by Crippen LogP contribution is 2.31. The van der Waals surface area contributed by atoms with Crippen molar-refractivity contribution >= 4 is 5.91 Å². The van der Waals surface area contributed by atoms with Crippen LogP contribution in [0.5, 0.6) is 0 Å². The molecule has 3 N–H and O–H groups in total. The van der Waals surface area contributed by atoms with Crippen LogP contribution in [0, 0.1) is 11.8 Å². The number of hydrogen-bond donors (Lipinski definition) is 3. The van der Waals surface area contributed by atoms with E-state index < -0.39 is 5.60 Å². The Balaban J connectivity index is 2.25. The molecule has 4 nitrogen and oxygen atoms in total. The summed E-state index contributed by atoms with van der Waals surface area (Å²) in [6.45, 7) is 3.52. The quantitative estimate of drug-likeness (QED) is 0.662. The van der Waals surface area contributed by atoms with Crippen molar-refractivity contribution in [1.82, 2.24) is 5.32 Å². The lowest BCUT2D eigenvalue weighted by atomic mass is 9.79. The third-order valence-corrected chi connectivity index (χ3v) is 4.17. The van der Waals surface area contributed by atoms with E-state index in [0.717, 1.165) is 31.6 Å². The predicted octanol–water partition coefficient (Wildman–Crippen LogP) is 1.84. The molecule has 0 saturated heterocycles. The molecule has 0 heterocycles. The topological polar surface area (TPSA) is 69.6 Å². The van der Waals surface area contributed by atoms with Crippen LogP contribution in [0.3, 0.4) is 0 Å². The Kier molecular flexibility index (Phi) is 6.80. The normalized spacial score (nSPS) is 26.7. The Labute approximate surface area is 116 Å². The zero-order valence-corrected chi connectivity index (χ0v) is 12.3. The first-order chi connectivity index (χ1) is 8.98. The lowest BCUT2D eigenvalue weighted by Crippen LogP contribution is -2.45. The van der Waals surface area contributed by atoms with Crippen LogP contribution >= 0.6 is 0 Å². The number of carbonyl (C=O) groups is 1. The van der Waals surface area contributed by atoms with Crippen molar-refractivity contribution in [3.05, 3.63) is 0 Å². The van der Waals surface area contributed by atoms with Crippen LogP contribution in [0.4, 0.5) is 0 Å². The fraction of sp³-hybridized carbons (Fsp3) is 0.933. The first-order valence-electron chi connectivity index (χ1n) is 7.59. The molecule has 0 aliphatic heterocycles. The standard InChI is InChI=1S/C15H29NO3/c1-3-4-5-12-6-8-13(9-7-12)14(18)16-10-15(2,19)11-17/h12-13,17,19H,3-11H2,1-2H3,(H,16,18). The van der Waals surface area contributed by atoms with Crippen LogP contribution in [0.2, 0.25) is 0 Å². The summed E-state index contributed by atoms with van der Waals surface area (Å²) in [5.74, 6) is 0.916. The van der Waals surface area contributed by atoms with Gasteiger partial charge in [-0.05, 0) is 38.5 Å². The molecule has 0 spiro atoms. The van der Waals surface area contributed by atoms with Gasteiger partial charge in [0.25, 0.3) is 0 Å². The molecule has 0 bridgehead atoms. The highest BCUT2D eigenvalue weighted by atomic mass is 16.3. The van der Waals surface area contributed by atoms with Crippen molar-refractivity contribution in [3.63, 3.8) is 0 Å². The summed E-state index contributed by atoms with van der Waals surface area (Å²) in [5.41, 5.74) is -1.21. The maximum Gasteiger partial charge on any atom is 0.223 e. The molecule has 1 rings (SSSR count). The summed E-state index contributed by atoms with van der Waals surface area (Å²) in [6.07, 6.45) is 8.05. The molecule has 0 radical (unpaired) electrons. The summed E-state index contributed by atoms with van der Waals surface area (Å²) < 4.78 is 0. The third kappa shape index (κ3) is 5.91. The zero-order valence-electron chi connectivity index (χ0n) is 12.3. The van der Waals surface area contributed by atoms with Crippen LogP contribution in [-0.2, 0) is 4.79 Å². The van der Waals surface area contributed by atoms with E-state index in [0.29, 0.717) is 0 Å². The molecule has 1 fully saturated rings. The van der Waals surface area contributed by atoms with Crippen molar-refractivity contribution < 1.29 is 15.0 Å². The van der Waals surface area contributed by atoms with Crippen LogP contribution in [0.15, 0.2) is 0 Å². The fourth-order valence-electron chi connectivity index (χ4n) is 2.68. The van der Waals surface area contributed by atoms with Gasteiger partial charge in [-0.15, -0.1) is 0 Å². The molecular formula is C15H29NO3. The van der Waals surface area contributed by atoms with Gasteiger partial charge in [-0.3, -0.25) is 4.79 Å². The summed E-state index contributed by atoms with van der Waals surface area (Å²) in [6, 6.07) is 0. The van der Waals surface area contributed by atoms with Gasteiger partial charge in [-0.1, -0.05) is 26.2 Å². The second kappa shape index (κ2) is 7.85. The van der Waals surface area contributed by atoms with E-state index in [1.165, 1.54) is 26.2 Å². The van der Waals surface area contributed by atoms with Gasteiger partial charge < -0.3 is 15.5 Å². The van der Waals surface area contributed by atoms with E-state index in [9.17, 15) is 9.90 Å². The predicted molar refractivity (Wildman–Crippen MR) is 75.7 cm³/mol. The first-order valence-corrected chi connectivity index (χ1v) is 7.59. The van der Waals surface area contributed by atoms with Crippen molar-refractivity contribution in [2.45, 2.75) is 64.4 Å². The molecule has 1 saturated carbocycles. The molecule has 1 aliphatic carbocycles. The summed E-state index contributed by atoms with van der Waals surface area (Å²) in [4.78, 5) is 12.0. The molecule has 1 aliphatic rings. The molecule has 1 unspecified atom stereocenters. The van der Waals surface area contributed by atoms with Crippen LogP contribution in [-0.4, -0.2) is 34.9 Å². The van der Waals surface area contributed by atoms with Gasteiger partial charge in [0, 0.05) is 12.5 Å². The smallest absolute Gasteiger partial charge is 0.223 e.